The number of hydrogen-bond donors (Lipinski definition) is 2. The minimum atomic E-state index is -0.552. The van der Waals surface area contributed by atoms with Crippen molar-refractivity contribution in [2.45, 2.75) is 13.8 Å². The number of benzene rings is 2. The average Bonchev–Trinajstić information content (AvgIpc) is 2.94. The van der Waals surface area contributed by atoms with Gasteiger partial charge in [0.1, 0.15) is 6.54 Å². The number of halogens is 1. The van der Waals surface area contributed by atoms with Gasteiger partial charge in [-0.25, -0.2) is 0 Å². The van der Waals surface area contributed by atoms with Crippen molar-refractivity contribution in [2.75, 3.05) is 19.0 Å². The number of anilines is 1. The van der Waals surface area contributed by atoms with Crippen molar-refractivity contribution < 1.29 is 24.2 Å². The van der Waals surface area contributed by atoms with E-state index < -0.39 is 17.1 Å². The quantitative estimate of drug-likeness (QED) is 0.600. The Bertz CT molecular complexity index is 1080. The predicted molar refractivity (Wildman–Crippen MR) is 120 cm³/mol. The summed E-state index contributed by atoms with van der Waals surface area (Å²) in [7, 11) is 1.41. The van der Waals surface area contributed by atoms with Crippen molar-refractivity contribution in [1.82, 2.24) is 4.90 Å². The van der Waals surface area contributed by atoms with E-state index in [0.717, 1.165) is 27.8 Å². The van der Waals surface area contributed by atoms with Crippen LogP contribution in [0.2, 0.25) is 0 Å². The molecule has 0 saturated carbocycles. The maximum Gasteiger partial charge on any atom is 0.294 e. The van der Waals surface area contributed by atoms with E-state index >= 15 is 0 Å². The molecule has 0 unspecified atom stereocenters. The van der Waals surface area contributed by atoms with Crippen molar-refractivity contribution >= 4 is 56.5 Å². The zero-order valence-corrected chi connectivity index (χ0v) is 18.9. The standard InChI is InChI=1S/C21H19BrN2O5S/c1-11-4-5-14(6-12(11)2)23-18(25)10-24-20(27)17(30-21(24)28)9-13-7-15(22)19(26)16(8-13)29-3/h4-9,26H,10H2,1-3H3,(H,23,25)/b17-9+. The predicted octanol–water partition coefficient (Wildman–Crippen LogP) is 4.46. The summed E-state index contributed by atoms with van der Waals surface area (Å²) in [5.74, 6) is -0.854. The lowest BCUT2D eigenvalue weighted by molar-refractivity contribution is -0.127. The molecule has 1 fully saturated rings. The Morgan fingerprint density at radius 2 is 1.97 bits per heavy atom. The molecule has 7 nitrogen and oxygen atoms in total. The number of hydrogen-bond acceptors (Lipinski definition) is 6. The first-order valence-electron chi connectivity index (χ1n) is 8.88. The van der Waals surface area contributed by atoms with Gasteiger partial charge in [-0.15, -0.1) is 0 Å². The first-order chi connectivity index (χ1) is 14.2. The first kappa shape index (κ1) is 21.9. The van der Waals surface area contributed by atoms with Crippen molar-refractivity contribution in [3.63, 3.8) is 0 Å². The molecule has 2 aromatic rings. The Morgan fingerprint density at radius 3 is 2.63 bits per heavy atom. The summed E-state index contributed by atoms with van der Waals surface area (Å²) in [6.07, 6.45) is 1.51. The van der Waals surface area contributed by atoms with Gasteiger partial charge in [0.25, 0.3) is 11.1 Å². The lowest BCUT2D eigenvalue weighted by atomic mass is 10.1. The number of nitrogens with one attached hydrogen (secondary N) is 1. The van der Waals surface area contributed by atoms with Crippen LogP contribution in [0.3, 0.4) is 0 Å². The third kappa shape index (κ3) is 4.68. The third-order valence-corrected chi connectivity index (χ3v) is 6.05. The van der Waals surface area contributed by atoms with Gasteiger partial charge in [-0.3, -0.25) is 19.3 Å². The molecule has 3 rings (SSSR count). The molecule has 2 N–H and O–H groups in total. The fraction of sp³-hybridized carbons (Fsp3) is 0.190. The average molecular weight is 491 g/mol. The highest BCUT2D eigenvalue weighted by Crippen LogP contribution is 2.38. The number of carbonyl (C=O) groups excluding carboxylic acids is 3. The van der Waals surface area contributed by atoms with Gasteiger partial charge in [-0.2, -0.15) is 0 Å². The fourth-order valence-corrected chi connectivity index (χ4v) is 4.08. The number of thioether (sulfide) groups is 1. The van der Waals surface area contributed by atoms with Crippen LogP contribution in [0.1, 0.15) is 16.7 Å². The highest BCUT2D eigenvalue weighted by atomic mass is 79.9. The monoisotopic (exact) mass is 490 g/mol. The lowest BCUT2D eigenvalue weighted by Gasteiger charge is -2.13. The van der Waals surface area contributed by atoms with Crippen LogP contribution in [0.15, 0.2) is 39.7 Å². The second kappa shape index (κ2) is 8.93. The maximum atomic E-state index is 12.7. The van der Waals surface area contributed by atoms with E-state index in [1.165, 1.54) is 13.2 Å². The second-order valence-electron chi connectivity index (χ2n) is 6.67. The van der Waals surface area contributed by atoms with Crippen LogP contribution in [0.5, 0.6) is 11.5 Å². The summed E-state index contributed by atoms with van der Waals surface area (Å²) in [6.45, 7) is 3.52. The van der Waals surface area contributed by atoms with Crippen molar-refractivity contribution in [2.24, 2.45) is 0 Å². The molecule has 1 heterocycles. The number of carbonyl (C=O) groups is 3. The molecule has 1 aliphatic rings. The van der Waals surface area contributed by atoms with E-state index in [-0.39, 0.29) is 22.9 Å². The van der Waals surface area contributed by atoms with Gasteiger partial charge in [0.15, 0.2) is 11.5 Å². The third-order valence-electron chi connectivity index (χ3n) is 4.53. The normalized spacial score (nSPS) is 15.1. The van der Waals surface area contributed by atoms with Crippen LogP contribution in [0, 0.1) is 13.8 Å². The van der Waals surface area contributed by atoms with Crippen LogP contribution in [-0.4, -0.2) is 40.7 Å². The van der Waals surface area contributed by atoms with Gasteiger partial charge >= 0.3 is 0 Å². The first-order valence-corrected chi connectivity index (χ1v) is 10.5. The molecule has 1 saturated heterocycles. The molecule has 2 aromatic carbocycles. The summed E-state index contributed by atoms with van der Waals surface area (Å²) in [6, 6.07) is 8.62. The molecule has 0 spiro atoms. The molecule has 3 amide bonds. The molecular formula is C21H19BrN2O5S. The number of nitrogens with zero attached hydrogens (tertiary/aromatic N) is 1. The molecule has 9 heteroatoms. The number of ether oxygens (including phenoxy) is 1. The molecule has 156 valence electrons. The molecule has 0 radical (unpaired) electrons. The van der Waals surface area contributed by atoms with Gasteiger partial charge in [0, 0.05) is 5.69 Å². The zero-order chi connectivity index (χ0) is 22.0. The minimum absolute atomic E-state index is 0.0641. The van der Waals surface area contributed by atoms with Crippen LogP contribution in [-0.2, 0) is 9.59 Å². The Balaban J connectivity index is 1.74. The Morgan fingerprint density at radius 1 is 1.23 bits per heavy atom. The summed E-state index contributed by atoms with van der Waals surface area (Å²) < 4.78 is 5.48. The number of aryl methyl sites for hydroxylation is 2. The van der Waals surface area contributed by atoms with Gasteiger partial charge in [-0.1, -0.05) is 6.07 Å². The molecule has 0 bridgehead atoms. The molecule has 0 atom stereocenters. The summed E-state index contributed by atoms with van der Waals surface area (Å²) >= 11 is 3.97. The summed E-state index contributed by atoms with van der Waals surface area (Å²) in [5, 5.41) is 12.1. The smallest absolute Gasteiger partial charge is 0.294 e. The maximum absolute atomic E-state index is 12.7. The Kier molecular flexibility index (Phi) is 6.52. The SMILES string of the molecule is COc1cc(/C=C2/SC(=O)N(CC(=O)Nc3ccc(C)c(C)c3)C2=O)cc(Br)c1O. The van der Waals surface area contributed by atoms with Crippen LogP contribution < -0.4 is 10.1 Å². The molecular weight excluding hydrogens is 472 g/mol. The van der Waals surface area contributed by atoms with E-state index in [9.17, 15) is 19.5 Å². The van der Waals surface area contributed by atoms with Crippen molar-refractivity contribution in [1.29, 1.82) is 0 Å². The number of aromatic hydroxyl groups is 1. The number of rotatable bonds is 5. The topological polar surface area (TPSA) is 95.9 Å². The fourth-order valence-electron chi connectivity index (χ4n) is 2.78. The second-order valence-corrected chi connectivity index (χ2v) is 8.52. The largest absolute Gasteiger partial charge is 0.503 e. The van der Waals surface area contributed by atoms with Gasteiger partial charge in [-0.05, 0) is 88.6 Å². The number of imide groups is 1. The van der Waals surface area contributed by atoms with E-state index in [1.54, 1.807) is 18.2 Å². The Labute approximate surface area is 186 Å². The number of phenolic OH excluding ortho intramolecular Hbond substituents is 1. The van der Waals surface area contributed by atoms with Crippen LogP contribution in [0.4, 0.5) is 10.5 Å². The van der Waals surface area contributed by atoms with E-state index in [2.05, 4.69) is 21.2 Å². The summed E-state index contributed by atoms with van der Waals surface area (Å²) in [4.78, 5) is 38.4. The van der Waals surface area contributed by atoms with Gasteiger partial charge in [0.2, 0.25) is 5.91 Å². The summed E-state index contributed by atoms with van der Waals surface area (Å²) in [5.41, 5.74) is 3.28. The molecule has 30 heavy (non-hydrogen) atoms. The molecule has 1 aliphatic heterocycles. The highest BCUT2D eigenvalue weighted by Gasteiger charge is 2.36. The van der Waals surface area contributed by atoms with Crippen LogP contribution in [0.25, 0.3) is 6.08 Å². The zero-order valence-electron chi connectivity index (χ0n) is 16.5. The number of methoxy groups -OCH3 is 1. The van der Waals surface area contributed by atoms with Crippen LogP contribution >= 0.6 is 27.7 Å². The van der Waals surface area contributed by atoms with E-state index in [1.807, 2.05) is 26.0 Å². The number of amides is 3. The van der Waals surface area contributed by atoms with Crippen molar-refractivity contribution in [3.05, 3.63) is 56.4 Å². The Hall–Kier alpha value is -2.78. The van der Waals surface area contributed by atoms with Gasteiger partial charge in [0.05, 0.1) is 16.5 Å². The number of phenols is 1. The molecule has 0 aromatic heterocycles. The van der Waals surface area contributed by atoms with E-state index in [4.69, 9.17) is 4.74 Å². The lowest BCUT2D eigenvalue weighted by Crippen LogP contribution is -2.36. The minimum Gasteiger partial charge on any atom is -0.503 e. The highest BCUT2D eigenvalue weighted by molar-refractivity contribution is 9.10. The molecule has 0 aliphatic carbocycles. The van der Waals surface area contributed by atoms with Gasteiger partial charge < -0.3 is 15.2 Å². The van der Waals surface area contributed by atoms with E-state index in [0.29, 0.717) is 15.7 Å². The van der Waals surface area contributed by atoms with Crippen molar-refractivity contribution in [3.8, 4) is 11.5 Å².